The second-order valence-corrected chi connectivity index (χ2v) is 3.48. The quantitative estimate of drug-likeness (QED) is 0.690. The predicted octanol–water partition coefficient (Wildman–Crippen LogP) is -0.478. The largest absolute Gasteiger partial charge is 0.390 e. The Bertz CT molecular complexity index is 362. The summed E-state index contributed by atoms with van der Waals surface area (Å²) in [6.07, 6.45) is 0.902. The molecule has 0 spiro atoms. The molecule has 0 saturated heterocycles. The maximum Gasteiger partial charge on any atom is 0.253 e. The third-order valence-corrected chi connectivity index (χ3v) is 2.05. The standard InChI is InChI=1S/C10H17N3O2/c1-3-11-5-9(14)6-13-7-12-8(2)4-10(13)15/h4,7,9,11,14H,3,5-6H2,1-2H3. The van der Waals surface area contributed by atoms with Gasteiger partial charge in [0.15, 0.2) is 0 Å². The molecule has 0 amide bonds. The SMILES string of the molecule is CCNCC(O)Cn1cnc(C)cc1=O. The predicted molar refractivity (Wildman–Crippen MR) is 57.8 cm³/mol. The van der Waals surface area contributed by atoms with Crippen molar-refractivity contribution in [2.24, 2.45) is 0 Å². The van der Waals surface area contributed by atoms with Gasteiger partial charge in [-0.15, -0.1) is 0 Å². The number of rotatable bonds is 5. The molecule has 5 nitrogen and oxygen atoms in total. The second kappa shape index (κ2) is 5.63. The molecule has 0 aliphatic carbocycles. The zero-order valence-corrected chi connectivity index (χ0v) is 9.10. The molecule has 0 radical (unpaired) electrons. The first kappa shape index (κ1) is 11.9. The van der Waals surface area contributed by atoms with Crippen LogP contribution in [0.25, 0.3) is 0 Å². The summed E-state index contributed by atoms with van der Waals surface area (Å²) in [5.41, 5.74) is 0.565. The number of aliphatic hydroxyl groups excluding tert-OH is 1. The van der Waals surface area contributed by atoms with Gasteiger partial charge in [-0.05, 0) is 13.5 Å². The summed E-state index contributed by atoms with van der Waals surface area (Å²) in [5, 5.41) is 12.6. The van der Waals surface area contributed by atoms with Crippen molar-refractivity contribution in [1.29, 1.82) is 0 Å². The molecule has 0 saturated carbocycles. The summed E-state index contributed by atoms with van der Waals surface area (Å²) < 4.78 is 1.41. The number of hydrogen-bond donors (Lipinski definition) is 2. The lowest BCUT2D eigenvalue weighted by atomic mass is 10.3. The molecular formula is C10H17N3O2. The van der Waals surface area contributed by atoms with Gasteiger partial charge in [-0.3, -0.25) is 9.36 Å². The Hall–Kier alpha value is -1.20. The zero-order valence-electron chi connectivity index (χ0n) is 9.10. The van der Waals surface area contributed by atoms with E-state index in [0.29, 0.717) is 12.2 Å². The third kappa shape index (κ3) is 3.81. The third-order valence-electron chi connectivity index (χ3n) is 2.05. The van der Waals surface area contributed by atoms with Gasteiger partial charge in [-0.1, -0.05) is 6.92 Å². The Balaban J connectivity index is 2.60. The Kier molecular flexibility index (Phi) is 4.45. The fourth-order valence-electron chi connectivity index (χ4n) is 1.26. The van der Waals surface area contributed by atoms with E-state index in [-0.39, 0.29) is 12.1 Å². The average molecular weight is 211 g/mol. The fraction of sp³-hybridized carbons (Fsp3) is 0.600. The van der Waals surface area contributed by atoms with Gasteiger partial charge in [-0.25, -0.2) is 4.98 Å². The van der Waals surface area contributed by atoms with Crippen LogP contribution in [-0.4, -0.2) is 33.9 Å². The maximum absolute atomic E-state index is 11.4. The Morgan fingerprint density at radius 2 is 2.40 bits per heavy atom. The van der Waals surface area contributed by atoms with Gasteiger partial charge in [0.2, 0.25) is 0 Å². The lowest BCUT2D eigenvalue weighted by Crippen LogP contribution is -2.33. The van der Waals surface area contributed by atoms with Crippen LogP contribution >= 0.6 is 0 Å². The molecule has 0 aliphatic rings. The maximum atomic E-state index is 11.4. The fourth-order valence-corrected chi connectivity index (χ4v) is 1.26. The number of hydrogen-bond acceptors (Lipinski definition) is 4. The molecule has 5 heteroatoms. The van der Waals surface area contributed by atoms with Gasteiger partial charge in [0.25, 0.3) is 5.56 Å². The topological polar surface area (TPSA) is 67.2 Å². The molecule has 1 heterocycles. The first-order chi connectivity index (χ1) is 7.13. The normalized spacial score (nSPS) is 12.7. The highest BCUT2D eigenvalue weighted by Gasteiger charge is 2.05. The van der Waals surface area contributed by atoms with Crippen LogP contribution in [0.2, 0.25) is 0 Å². The zero-order chi connectivity index (χ0) is 11.3. The molecule has 0 bridgehead atoms. The highest BCUT2D eigenvalue weighted by atomic mass is 16.3. The van der Waals surface area contributed by atoms with Crippen LogP contribution in [0, 0.1) is 6.92 Å². The molecule has 0 fully saturated rings. The molecule has 1 aromatic rings. The highest BCUT2D eigenvalue weighted by Crippen LogP contribution is 1.89. The summed E-state index contributed by atoms with van der Waals surface area (Å²) in [7, 11) is 0. The first-order valence-electron chi connectivity index (χ1n) is 5.05. The van der Waals surface area contributed by atoms with Crippen LogP contribution in [0.5, 0.6) is 0 Å². The van der Waals surface area contributed by atoms with Gasteiger partial charge >= 0.3 is 0 Å². The van der Waals surface area contributed by atoms with E-state index in [2.05, 4.69) is 10.3 Å². The molecule has 1 aromatic heterocycles. The number of aliphatic hydroxyl groups is 1. The Morgan fingerprint density at radius 1 is 1.67 bits per heavy atom. The van der Waals surface area contributed by atoms with Gasteiger partial charge in [-0.2, -0.15) is 0 Å². The van der Waals surface area contributed by atoms with Crippen LogP contribution in [0.1, 0.15) is 12.6 Å². The van der Waals surface area contributed by atoms with E-state index in [1.165, 1.54) is 17.0 Å². The number of nitrogens with one attached hydrogen (secondary N) is 1. The molecule has 15 heavy (non-hydrogen) atoms. The molecule has 84 valence electrons. The van der Waals surface area contributed by atoms with E-state index in [1.54, 1.807) is 6.92 Å². The van der Waals surface area contributed by atoms with Gasteiger partial charge in [0, 0.05) is 18.3 Å². The number of likely N-dealkylation sites (N-methyl/N-ethyl adjacent to an activating group) is 1. The van der Waals surface area contributed by atoms with E-state index in [9.17, 15) is 9.90 Å². The number of aromatic nitrogens is 2. The molecule has 1 atom stereocenters. The van der Waals surface area contributed by atoms with Crippen LogP contribution in [0.3, 0.4) is 0 Å². The van der Waals surface area contributed by atoms with Crippen molar-refractivity contribution in [2.75, 3.05) is 13.1 Å². The first-order valence-corrected chi connectivity index (χ1v) is 5.05. The lowest BCUT2D eigenvalue weighted by Gasteiger charge is -2.12. The molecule has 1 unspecified atom stereocenters. The summed E-state index contributed by atoms with van der Waals surface area (Å²) >= 11 is 0. The minimum absolute atomic E-state index is 0.127. The van der Waals surface area contributed by atoms with Gasteiger partial charge < -0.3 is 10.4 Å². The molecule has 0 aliphatic heterocycles. The van der Waals surface area contributed by atoms with Crippen LogP contribution in [0.4, 0.5) is 0 Å². The van der Waals surface area contributed by atoms with Gasteiger partial charge in [0.1, 0.15) is 0 Å². The van der Waals surface area contributed by atoms with E-state index >= 15 is 0 Å². The van der Waals surface area contributed by atoms with Crippen molar-refractivity contribution in [3.8, 4) is 0 Å². The summed E-state index contributed by atoms with van der Waals surface area (Å²) in [6, 6.07) is 1.46. The van der Waals surface area contributed by atoms with Crippen LogP contribution in [0.15, 0.2) is 17.2 Å². The van der Waals surface area contributed by atoms with Gasteiger partial charge in [0.05, 0.1) is 19.0 Å². The van der Waals surface area contributed by atoms with Crippen LogP contribution in [-0.2, 0) is 6.54 Å². The monoisotopic (exact) mass is 211 g/mol. The molecule has 2 N–H and O–H groups in total. The Labute approximate surface area is 88.8 Å². The number of nitrogens with zero attached hydrogens (tertiary/aromatic N) is 2. The Morgan fingerprint density at radius 3 is 3.00 bits per heavy atom. The summed E-state index contributed by atoms with van der Waals surface area (Å²) in [4.78, 5) is 15.4. The van der Waals surface area contributed by atoms with E-state index in [1.807, 2.05) is 6.92 Å². The van der Waals surface area contributed by atoms with Crippen molar-refractivity contribution in [3.05, 3.63) is 28.4 Å². The van der Waals surface area contributed by atoms with Crippen LogP contribution < -0.4 is 10.9 Å². The lowest BCUT2D eigenvalue weighted by molar-refractivity contribution is 0.150. The molecule has 1 rings (SSSR count). The summed E-state index contributed by atoms with van der Waals surface area (Å²) in [6.45, 7) is 5.29. The average Bonchev–Trinajstić information content (AvgIpc) is 2.19. The molecule has 0 aromatic carbocycles. The molecular weight excluding hydrogens is 194 g/mol. The highest BCUT2D eigenvalue weighted by molar-refractivity contribution is 4.96. The van der Waals surface area contributed by atoms with E-state index in [0.717, 1.165) is 6.54 Å². The van der Waals surface area contributed by atoms with Crippen molar-refractivity contribution in [3.63, 3.8) is 0 Å². The summed E-state index contributed by atoms with van der Waals surface area (Å²) in [5.74, 6) is 0. The van der Waals surface area contributed by atoms with E-state index < -0.39 is 6.10 Å². The number of aryl methyl sites for hydroxylation is 1. The van der Waals surface area contributed by atoms with Crippen molar-refractivity contribution >= 4 is 0 Å². The van der Waals surface area contributed by atoms with E-state index in [4.69, 9.17) is 0 Å². The van der Waals surface area contributed by atoms with Crippen molar-refractivity contribution in [2.45, 2.75) is 26.5 Å². The van der Waals surface area contributed by atoms with Crippen molar-refractivity contribution < 1.29 is 5.11 Å². The smallest absolute Gasteiger partial charge is 0.253 e. The van der Waals surface area contributed by atoms with Crippen molar-refractivity contribution in [1.82, 2.24) is 14.9 Å². The minimum atomic E-state index is -0.563. The second-order valence-electron chi connectivity index (χ2n) is 3.48. The minimum Gasteiger partial charge on any atom is -0.390 e.